The van der Waals surface area contributed by atoms with E-state index in [1.165, 1.54) is 12.1 Å². The molecule has 0 spiro atoms. The van der Waals surface area contributed by atoms with Crippen LogP contribution in [0.2, 0.25) is 0 Å². The van der Waals surface area contributed by atoms with Gasteiger partial charge in [-0.2, -0.15) is 5.10 Å². The minimum atomic E-state index is -0.457. The molecular weight excluding hydrogens is 308 g/mol. The second-order valence-electron chi connectivity index (χ2n) is 5.29. The van der Waals surface area contributed by atoms with Gasteiger partial charge in [-0.15, -0.1) is 0 Å². The summed E-state index contributed by atoms with van der Waals surface area (Å²) in [6, 6.07) is 13.3. The third-order valence-electron chi connectivity index (χ3n) is 3.63. The van der Waals surface area contributed by atoms with Gasteiger partial charge in [-0.05, 0) is 35.4 Å². The molecule has 1 heterocycles. The Kier molecular flexibility index (Phi) is 4.07. The van der Waals surface area contributed by atoms with E-state index in [2.05, 4.69) is 5.10 Å². The summed E-state index contributed by atoms with van der Waals surface area (Å²) >= 11 is 0. The second-order valence-corrected chi connectivity index (χ2v) is 5.29. The van der Waals surface area contributed by atoms with E-state index in [1.807, 2.05) is 18.3 Å². The average Bonchev–Trinajstić information content (AvgIpc) is 3.04. The summed E-state index contributed by atoms with van der Waals surface area (Å²) in [5.74, 6) is -0.457. The molecule has 0 saturated heterocycles. The van der Waals surface area contributed by atoms with Crippen molar-refractivity contribution >= 4 is 11.6 Å². The van der Waals surface area contributed by atoms with E-state index in [4.69, 9.17) is 5.73 Å². The van der Waals surface area contributed by atoms with E-state index in [9.17, 15) is 14.9 Å². The highest BCUT2D eigenvalue weighted by molar-refractivity contribution is 5.92. The molecule has 0 atom stereocenters. The number of hydrogen-bond donors (Lipinski definition) is 1. The number of primary amides is 1. The van der Waals surface area contributed by atoms with Gasteiger partial charge in [0.2, 0.25) is 5.91 Å². The molecule has 0 unspecified atom stereocenters. The minimum Gasteiger partial charge on any atom is -0.366 e. The number of non-ortho nitro benzene ring substituents is 1. The number of carbonyl (C=O) groups excluding carboxylic acids is 1. The van der Waals surface area contributed by atoms with Gasteiger partial charge in [0.25, 0.3) is 5.69 Å². The Balaban J connectivity index is 1.75. The number of rotatable bonds is 5. The van der Waals surface area contributed by atoms with Gasteiger partial charge < -0.3 is 5.73 Å². The normalized spacial score (nSPS) is 10.5. The summed E-state index contributed by atoms with van der Waals surface area (Å²) in [7, 11) is 0. The summed E-state index contributed by atoms with van der Waals surface area (Å²) < 4.78 is 1.76. The lowest BCUT2D eigenvalue weighted by Crippen LogP contribution is -2.10. The number of hydrogen-bond acceptors (Lipinski definition) is 4. The summed E-state index contributed by atoms with van der Waals surface area (Å²) in [6.07, 6.45) is 3.57. The molecule has 3 rings (SSSR count). The van der Waals surface area contributed by atoms with Crippen molar-refractivity contribution in [2.75, 3.05) is 0 Å². The zero-order valence-corrected chi connectivity index (χ0v) is 12.6. The highest BCUT2D eigenvalue weighted by atomic mass is 16.6. The lowest BCUT2D eigenvalue weighted by atomic mass is 10.1. The van der Waals surface area contributed by atoms with Crippen LogP contribution in [0.3, 0.4) is 0 Å². The molecule has 0 aliphatic heterocycles. The Bertz CT molecular complexity index is 883. The number of amides is 1. The number of aromatic nitrogens is 2. The molecule has 2 aromatic carbocycles. The van der Waals surface area contributed by atoms with E-state index in [0.29, 0.717) is 12.1 Å². The lowest BCUT2D eigenvalue weighted by Gasteiger charge is -2.03. The molecule has 1 aromatic heterocycles. The molecule has 0 saturated carbocycles. The molecule has 7 nitrogen and oxygen atoms in total. The van der Waals surface area contributed by atoms with Gasteiger partial charge in [-0.1, -0.05) is 12.1 Å². The van der Waals surface area contributed by atoms with Crippen LogP contribution in [0.15, 0.2) is 60.9 Å². The van der Waals surface area contributed by atoms with Crippen LogP contribution in [-0.2, 0) is 6.54 Å². The zero-order valence-electron chi connectivity index (χ0n) is 12.6. The Labute approximate surface area is 137 Å². The number of carbonyl (C=O) groups is 1. The molecule has 0 bridgehead atoms. The maximum atomic E-state index is 11.1. The Morgan fingerprint density at radius 1 is 1.08 bits per heavy atom. The molecule has 1 amide bonds. The standard InChI is InChI=1S/C17H14N4O3/c18-17(22)14-3-1-12(2-4-14)10-20-11-15(9-19-20)13-5-7-16(8-6-13)21(23)24/h1-9,11H,10H2,(H2,18,22). The summed E-state index contributed by atoms with van der Waals surface area (Å²) in [4.78, 5) is 21.3. The van der Waals surface area contributed by atoms with Gasteiger partial charge >= 0.3 is 0 Å². The van der Waals surface area contributed by atoms with Crippen molar-refractivity contribution in [1.29, 1.82) is 0 Å². The molecule has 7 heteroatoms. The van der Waals surface area contributed by atoms with Crippen LogP contribution in [-0.4, -0.2) is 20.6 Å². The van der Waals surface area contributed by atoms with Crippen molar-refractivity contribution in [3.8, 4) is 11.1 Å². The number of nitro groups is 1. The molecule has 0 radical (unpaired) electrons. The molecule has 2 N–H and O–H groups in total. The van der Waals surface area contributed by atoms with E-state index in [0.717, 1.165) is 16.7 Å². The fourth-order valence-corrected chi connectivity index (χ4v) is 2.34. The first kappa shape index (κ1) is 15.4. The first-order valence-electron chi connectivity index (χ1n) is 7.19. The van der Waals surface area contributed by atoms with Crippen molar-refractivity contribution < 1.29 is 9.72 Å². The topological polar surface area (TPSA) is 104 Å². The molecule has 24 heavy (non-hydrogen) atoms. The van der Waals surface area contributed by atoms with Gasteiger partial charge in [0.05, 0.1) is 17.7 Å². The average molecular weight is 322 g/mol. The summed E-state index contributed by atoms with van der Waals surface area (Å²) in [5, 5.41) is 15.0. The zero-order chi connectivity index (χ0) is 17.1. The van der Waals surface area contributed by atoms with Crippen molar-refractivity contribution in [3.63, 3.8) is 0 Å². The Morgan fingerprint density at radius 2 is 1.75 bits per heavy atom. The van der Waals surface area contributed by atoms with Gasteiger partial charge in [0.1, 0.15) is 0 Å². The van der Waals surface area contributed by atoms with Gasteiger partial charge in [-0.25, -0.2) is 0 Å². The highest BCUT2D eigenvalue weighted by Gasteiger charge is 2.07. The van der Waals surface area contributed by atoms with Crippen molar-refractivity contribution in [2.24, 2.45) is 5.73 Å². The lowest BCUT2D eigenvalue weighted by molar-refractivity contribution is -0.384. The van der Waals surface area contributed by atoms with Crippen LogP contribution < -0.4 is 5.73 Å². The Hall–Kier alpha value is -3.48. The van der Waals surface area contributed by atoms with E-state index >= 15 is 0 Å². The fraction of sp³-hybridized carbons (Fsp3) is 0.0588. The molecular formula is C17H14N4O3. The summed E-state index contributed by atoms with van der Waals surface area (Å²) in [6.45, 7) is 0.548. The van der Waals surface area contributed by atoms with E-state index in [1.54, 1.807) is 35.1 Å². The smallest absolute Gasteiger partial charge is 0.269 e. The largest absolute Gasteiger partial charge is 0.366 e. The third kappa shape index (κ3) is 3.30. The SMILES string of the molecule is NC(=O)c1ccc(Cn2cc(-c3ccc([N+](=O)[O-])cc3)cn2)cc1. The number of nitro benzene ring substituents is 1. The van der Waals surface area contributed by atoms with E-state index in [-0.39, 0.29) is 5.69 Å². The van der Waals surface area contributed by atoms with Crippen LogP contribution in [0.4, 0.5) is 5.69 Å². The summed E-state index contributed by atoms with van der Waals surface area (Å²) in [5.41, 5.74) is 8.45. The minimum absolute atomic E-state index is 0.0562. The fourth-order valence-electron chi connectivity index (χ4n) is 2.34. The maximum Gasteiger partial charge on any atom is 0.269 e. The van der Waals surface area contributed by atoms with Crippen LogP contribution in [0.1, 0.15) is 15.9 Å². The van der Waals surface area contributed by atoms with Crippen LogP contribution in [0.25, 0.3) is 11.1 Å². The van der Waals surface area contributed by atoms with Gasteiger partial charge in [0, 0.05) is 29.5 Å². The second kappa shape index (κ2) is 6.33. The molecule has 120 valence electrons. The van der Waals surface area contributed by atoms with Crippen LogP contribution in [0.5, 0.6) is 0 Å². The first-order chi connectivity index (χ1) is 11.5. The first-order valence-corrected chi connectivity index (χ1v) is 7.19. The predicted octanol–water partition coefficient (Wildman–Crippen LogP) is 2.61. The number of benzene rings is 2. The quantitative estimate of drug-likeness (QED) is 0.576. The van der Waals surface area contributed by atoms with Gasteiger partial charge in [-0.3, -0.25) is 19.6 Å². The van der Waals surface area contributed by atoms with Crippen molar-refractivity contribution in [1.82, 2.24) is 9.78 Å². The third-order valence-corrected chi connectivity index (χ3v) is 3.63. The molecule has 0 aliphatic carbocycles. The molecule has 0 fully saturated rings. The molecule has 0 aliphatic rings. The molecule has 3 aromatic rings. The highest BCUT2D eigenvalue weighted by Crippen LogP contribution is 2.22. The van der Waals surface area contributed by atoms with Crippen LogP contribution in [0, 0.1) is 10.1 Å². The van der Waals surface area contributed by atoms with E-state index < -0.39 is 10.8 Å². The van der Waals surface area contributed by atoms with Gasteiger partial charge in [0.15, 0.2) is 0 Å². The Morgan fingerprint density at radius 3 is 2.33 bits per heavy atom. The number of nitrogens with two attached hydrogens (primary N) is 1. The number of nitrogens with zero attached hydrogens (tertiary/aromatic N) is 3. The monoisotopic (exact) mass is 322 g/mol. The van der Waals surface area contributed by atoms with Crippen LogP contribution >= 0.6 is 0 Å². The predicted molar refractivity (Wildman–Crippen MR) is 88.4 cm³/mol. The maximum absolute atomic E-state index is 11.1. The van der Waals surface area contributed by atoms with Crippen molar-refractivity contribution in [3.05, 3.63) is 82.2 Å². The van der Waals surface area contributed by atoms with Crippen molar-refractivity contribution in [2.45, 2.75) is 6.54 Å².